The molecule has 0 heterocycles. The summed E-state index contributed by atoms with van der Waals surface area (Å²) in [4.78, 5) is 14.4. The largest absolute Gasteiger partial charge is 0.508 e. The van der Waals surface area contributed by atoms with Gasteiger partial charge in [0, 0.05) is 18.7 Å². The van der Waals surface area contributed by atoms with Crippen LogP contribution in [0.1, 0.15) is 10.4 Å². The van der Waals surface area contributed by atoms with E-state index in [0.29, 0.717) is 5.56 Å². The molecule has 0 aromatic heterocycles. The van der Waals surface area contributed by atoms with E-state index in [4.69, 9.17) is 0 Å². The van der Waals surface area contributed by atoms with Crippen molar-refractivity contribution < 1.29 is 25.2 Å². The van der Waals surface area contributed by atoms with Gasteiger partial charge in [-0.2, -0.15) is 0 Å². The topological polar surface area (TPSA) is 101 Å². The number of benzene rings is 3. The fourth-order valence-electron chi connectivity index (χ4n) is 3.13. The number of phenols is 2. The maximum atomic E-state index is 13.0. The maximum Gasteiger partial charge on any atom is 0.254 e. The van der Waals surface area contributed by atoms with Crippen molar-refractivity contribution in [2.24, 2.45) is 0 Å². The van der Waals surface area contributed by atoms with Crippen molar-refractivity contribution in [3.8, 4) is 33.8 Å². The van der Waals surface area contributed by atoms with Crippen LogP contribution in [0.5, 0.6) is 11.5 Å². The first-order valence-electron chi connectivity index (χ1n) is 9.26. The third-order valence-corrected chi connectivity index (χ3v) is 4.61. The van der Waals surface area contributed by atoms with E-state index in [-0.39, 0.29) is 43.7 Å². The van der Waals surface area contributed by atoms with Crippen LogP contribution in [0.25, 0.3) is 22.3 Å². The second-order valence-electron chi connectivity index (χ2n) is 6.63. The Morgan fingerprint density at radius 1 is 0.655 bits per heavy atom. The van der Waals surface area contributed by atoms with Crippen LogP contribution in [-0.4, -0.2) is 57.5 Å². The lowest BCUT2D eigenvalue weighted by Crippen LogP contribution is -2.35. The Bertz CT molecular complexity index is 898. The number of carbonyl (C=O) groups excluding carboxylic acids is 1. The lowest BCUT2D eigenvalue weighted by Gasteiger charge is -2.21. The van der Waals surface area contributed by atoms with Crippen LogP contribution in [0.15, 0.2) is 66.7 Å². The van der Waals surface area contributed by atoms with E-state index in [9.17, 15) is 25.2 Å². The lowest BCUT2D eigenvalue weighted by molar-refractivity contribution is 0.0685. The Morgan fingerprint density at radius 3 is 1.45 bits per heavy atom. The SMILES string of the molecule is O=C(c1cc(-c2ccc(O)cc2)cc(-c2ccc(O)cc2)c1)N(CCO)CCO. The van der Waals surface area contributed by atoms with E-state index in [1.54, 1.807) is 60.7 Å². The number of phenolic OH excluding ortho intramolecular Hbond substituents is 2. The smallest absolute Gasteiger partial charge is 0.254 e. The third-order valence-electron chi connectivity index (χ3n) is 4.61. The molecule has 0 radical (unpaired) electrons. The molecule has 3 aromatic carbocycles. The molecule has 0 atom stereocenters. The molecule has 0 aliphatic heterocycles. The zero-order valence-corrected chi connectivity index (χ0v) is 15.8. The van der Waals surface area contributed by atoms with E-state index >= 15 is 0 Å². The average Bonchev–Trinajstić information content (AvgIpc) is 2.74. The summed E-state index contributed by atoms with van der Waals surface area (Å²) in [6.07, 6.45) is 0. The van der Waals surface area contributed by atoms with Crippen LogP contribution in [0.2, 0.25) is 0 Å². The van der Waals surface area contributed by atoms with Crippen molar-refractivity contribution >= 4 is 5.91 Å². The van der Waals surface area contributed by atoms with Crippen LogP contribution in [0.4, 0.5) is 0 Å². The van der Waals surface area contributed by atoms with Gasteiger partial charge in [0.1, 0.15) is 11.5 Å². The molecule has 150 valence electrons. The number of amides is 1. The summed E-state index contributed by atoms with van der Waals surface area (Å²) in [5, 5.41) is 37.6. The molecular formula is C23H23NO5. The summed E-state index contributed by atoms with van der Waals surface area (Å²) in [5.74, 6) is 0.00219. The summed E-state index contributed by atoms with van der Waals surface area (Å²) in [6, 6.07) is 18.8. The quantitative estimate of drug-likeness (QED) is 0.495. The Morgan fingerprint density at radius 2 is 1.07 bits per heavy atom. The minimum Gasteiger partial charge on any atom is -0.508 e. The number of nitrogens with zero attached hydrogens (tertiary/aromatic N) is 1. The van der Waals surface area contributed by atoms with Crippen molar-refractivity contribution in [2.75, 3.05) is 26.3 Å². The highest BCUT2D eigenvalue weighted by Gasteiger charge is 2.17. The fourth-order valence-corrected chi connectivity index (χ4v) is 3.13. The van der Waals surface area contributed by atoms with Gasteiger partial charge in [-0.05, 0) is 64.7 Å². The van der Waals surface area contributed by atoms with E-state index in [1.807, 2.05) is 6.07 Å². The van der Waals surface area contributed by atoms with Crippen molar-refractivity contribution in [1.29, 1.82) is 0 Å². The van der Waals surface area contributed by atoms with Gasteiger partial charge in [-0.3, -0.25) is 4.79 Å². The van der Waals surface area contributed by atoms with Gasteiger partial charge >= 0.3 is 0 Å². The van der Waals surface area contributed by atoms with Crippen molar-refractivity contribution in [2.45, 2.75) is 0 Å². The molecule has 0 unspecified atom stereocenters. The lowest BCUT2D eigenvalue weighted by atomic mass is 9.95. The van der Waals surface area contributed by atoms with Crippen LogP contribution < -0.4 is 0 Å². The molecule has 6 heteroatoms. The fraction of sp³-hybridized carbons (Fsp3) is 0.174. The van der Waals surface area contributed by atoms with Crippen LogP contribution >= 0.6 is 0 Å². The monoisotopic (exact) mass is 393 g/mol. The molecule has 4 N–H and O–H groups in total. The van der Waals surface area contributed by atoms with Gasteiger partial charge in [-0.25, -0.2) is 0 Å². The number of hydrogen-bond donors (Lipinski definition) is 4. The van der Waals surface area contributed by atoms with Gasteiger partial charge in [0.25, 0.3) is 5.91 Å². The van der Waals surface area contributed by atoms with Crippen LogP contribution in [0, 0.1) is 0 Å². The van der Waals surface area contributed by atoms with Gasteiger partial charge in [0.2, 0.25) is 0 Å². The molecule has 0 saturated heterocycles. The molecule has 0 bridgehead atoms. The van der Waals surface area contributed by atoms with Gasteiger partial charge in [-0.1, -0.05) is 24.3 Å². The van der Waals surface area contributed by atoms with E-state index < -0.39 is 0 Å². The number of aliphatic hydroxyl groups is 2. The Labute approximate surface area is 168 Å². The molecule has 0 fully saturated rings. The van der Waals surface area contributed by atoms with Crippen molar-refractivity contribution in [3.63, 3.8) is 0 Å². The zero-order valence-electron chi connectivity index (χ0n) is 15.8. The van der Waals surface area contributed by atoms with E-state index in [1.165, 1.54) is 4.90 Å². The molecule has 3 rings (SSSR count). The molecule has 3 aromatic rings. The first-order chi connectivity index (χ1) is 14.0. The highest BCUT2D eigenvalue weighted by molar-refractivity contribution is 5.97. The van der Waals surface area contributed by atoms with Gasteiger partial charge in [0.05, 0.1) is 13.2 Å². The summed E-state index contributed by atoms with van der Waals surface area (Å²) in [5.41, 5.74) is 3.64. The molecule has 6 nitrogen and oxygen atoms in total. The Hall–Kier alpha value is -3.35. The summed E-state index contributed by atoms with van der Waals surface area (Å²) >= 11 is 0. The summed E-state index contributed by atoms with van der Waals surface area (Å²) in [6.45, 7) is -0.156. The molecule has 0 aliphatic rings. The first kappa shape index (κ1) is 20.4. The van der Waals surface area contributed by atoms with Gasteiger partial charge in [0.15, 0.2) is 0 Å². The van der Waals surface area contributed by atoms with Crippen molar-refractivity contribution in [3.05, 3.63) is 72.3 Å². The number of aromatic hydroxyl groups is 2. The molecule has 0 spiro atoms. The Kier molecular flexibility index (Phi) is 6.49. The van der Waals surface area contributed by atoms with Gasteiger partial charge in [-0.15, -0.1) is 0 Å². The predicted molar refractivity (Wildman–Crippen MR) is 111 cm³/mol. The molecular weight excluding hydrogens is 370 g/mol. The molecule has 29 heavy (non-hydrogen) atoms. The number of hydrogen-bond acceptors (Lipinski definition) is 5. The molecule has 0 saturated carbocycles. The zero-order chi connectivity index (χ0) is 20.8. The van der Waals surface area contributed by atoms with E-state index in [0.717, 1.165) is 22.3 Å². The van der Waals surface area contributed by atoms with E-state index in [2.05, 4.69) is 0 Å². The molecule has 0 aliphatic carbocycles. The standard InChI is InChI=1S/C23H23NO5/c25-11-9-24(10-12-26)23(29)20-14-18(16-1-5-21(27)6-2-16)13-19(15-20)17-3-7-22(28)8-4-17/h1-8,13-15,25-28H,9-12H2. The number of aliphatic hydroxyl groups excluding tert-OH is 2. The summed E-state index contributed by atoms with van der Waals surface area (Å²) < 4.78 is 0. The Balaban J connectivity index is 2.10. The number of rotatable bonds is 7. The van der Waals surface area contributed by atoms with Crippen molar-refractivity contribution in [1.82, 2.24) is 4.90 Å². The third kappa shape index (κ3) is 4.93. The molecule has 1 amide bonds. The predicted octanol–water partition coefficient (Wildman–Crippen LogP) is 2.86. The van der Waals surface area contributed by atoms with Gasteiger partial charge < -0.3 is 25.3 Å². The first-order valence-corrected chi connectivity index (χ1v) is 9.26. The highest BCUT2D eigenvalue weighted by Crippen LogP contribution is 2.30. The van der Waals surface area contributed by atoms with Crippen LogP contribution in [-0.2, 0) is 0 Å². The normalized spacial score (nSPS) is 10.7. The minimum absolute atomic E-state index is 0.122. The second-order valence-corrected chi connectivity index (χ2v) is 6.63. The highest BCUT2D eigenvalue weighted by atomic mass is 16.3. The average molecular weight is 393 g/mol. The maximum absolute atomic E-state index is 13.0. The minimum atomic E-state index is -0.297. The summed E-state index contributed by atoms with van der Waals surface area (Å²) in [7, 11) is 0. The number of carbonyl (C=O) groups is 1. The van der Waals surface area contributed by atoms with Crippen LogP contribution in [0.3, 0.4) is 0 Å². The second kappa shape index (κ2) is 9.23.